The van der Waals surface area contributed by atoms with Crippen molar-refractivity contribution in [2.45, 2.75) is 45.6 Å². The zero-order valence-corrected chi connectivity index (χ0v) is 8.13. The molecule has 3 heteroatoms. The topological polar surface area (TPSA) is 63.3 Å². The average molecular weight is 173 g/mol. The molecule has 0 saturated carbocycles. The highest BCUT2D eigenvalue weighted by Gasteiger charge is 2.36. The van der Waals surface area contributed by atoms with Crippen LogP contribution in [-0.2, 0) is 4.79 Å². The standard InChI is InChI=1S/C9H19NO2/c1-4-5-6-9(10,7(2)3)8(11)12/h7H,4-6,10H2,1-3H3,(H,11,12)/t9-/m1/s1. The molecule has 12 heavy (non-hydrogen) atoms. The van der Waals surface area contributed by atoms with Crippen molar-refractivity contribution in [2.75, 3.05) is 0 Å². The Hall–Kier alpha value is -0.570. The largest absolute Gasteiger partial charge is 0.480 e. The van der Waals surface area contributed by atoms with Crippen LogP contribution in [0.15, 0.2) is 0 Å². The molecule has 0 bridgehead atoms. The summed E-state index contributed by atoms with van der Waals surface area (Å²) >= 11 is 0. The Kier molecular flexibility index (Phi) is 4.24. The molecule has 0 spiro atoms. The Balaban J connectivity index is 4.29. The molecule has 0 amide bonds. The summed E-state index contributed by atoms with van der Waals surface area (Å²) in [4.78, 5) is 10.8. The van der Waals surface area contributed by atoms with Crippen molar-refractivity contribution in [3.63, 3.8) is 0 Å². The monoisotopic (exact) mass is 173 g/mol. The van der Waals surface area contributed by atoms with Crippen molar-refractivity contribution in [3.8, 4) is 0 Å². The highest BCUT2D eigenvalue weighted by atomic mass is 16.4. The molecule has 3 nitrogen and oxygen atoms in total. The average Bonchev–Trinajstić information content (AvgIpc) is 1.99. The number of nitrogens with two attached hydrogens (primary N) is 1. The van der Waals surface area contributed by atoms with E-state index in [2.05, 4.69) is 0 Å². The SMILES string of the molecule is CCCC[C@](N)(C(=O)O)C(C)C. The van der Waals surface area contributed by atoms with Crippen LogP contribution in [0, 0.1) is 5.92 Å². The van der Waals surface area contributed by atoms with E-state index in [1.807, 2.05) is 20.8 Å². The summed E-state index contributed by atoms with van der Waals surface area (Å²) in [6.07, 6.45) is 2.43. The lowest BCUT2D eigenvalue weighted by Crippen LogP contribution is -2.52. The first-order chi connectivity index (χ1) is 5.45. The molecule has 0 aromatic carbocycles. The summed E-state index contributed by atoms with van der Waals surface area (Å²) < 4.78 is 0. The van der Waals surface area contributed by atoms with E-state index < -0.39 is 11.5 Å². The number of rotatable bonds is 5. The van der Waals surface area contributed by atoms with Crippen LogP contribution in [0.2, 0.25) is 0 Å². The third kappa shape index (κ3) is 2.48. The Bertz CT molecular complexity index is 157. The van der Waals surface area contributed by atoms with Gasteiger partial charge in [-0.05, 0) is 12.3 Å². The van der Waals surface area contributed by atoms with E-state index in [1.54, 1.807) is 0 Å². The Morgan fingerprint density at radius 2 is 2.08 bits per heavy atom. The van der Waals surface area contributed by atoms with Gasteiger partial charge < -0.3 is 10.8 Å². The molecular formula is C9H19NO2. The predicted molar refractivity (Wildman–Crippen MR) is 48.9 cm³/mol. The summed E-state index contributed by atoms with van der Waals surface area (Å²) in [6, 6.07) is 0. The van der Waals surface area contributed by atoms with E-state index in [9.17, 15) is 4.79 Å². The first-order valence-electron chi connectivity index (χ1n) is 4.47. The maximum Gasteiger partial charge on any atom is 0.323 e. The Labute approximate surface area is 74.0 Å². The van der Waals surface area contributed by atoms with Gasteiger partial charge in [-0.2, -0.15) is 0 Å². The minimum Gasteiger partial charge on any atom is -0.480 e. The third-order valence-corrected chi connectivity index (χ3v) is 2.37. The van der Waals surface area contributed by atoms with E-state index in [4.69, 9.17) is 10.8 Å². The van der Waals surface area contributed by atoms with Gasteiger partial charge in [0.15, 0.2) is 0 Å². The van der Waals surface area contributed by atoms with E-state index >= 15 is 0 Å². The Morgan fingerprint density at radius 3 is 2.33 bits per heavy atom. The van der Waals surface area contributed by atoms with Crippen molar-refractivity contribution >= 4 is 5.97 Å². The van der Waals surface area contributed by atoms with E-state index in [0.29, 0.717) is 6.42 Å². The highest BCUT2D eigenvalue weighted by Crippen LogP contribution is 2.21. The number of carboxylic acids is 1. The summed E-state index contributed by atoms with van der Waals surface area (Å²) in [5.41, 5.74) is 4.74. The fourth-order valence-electron chi connectivity index (χ4n) is 1.11. The lowest BCUT2D eigenvalue weighted by molar-refractivity contribution is -0.145. The number of hydrogen-bond acceptors (Lipinski definition) is 2. The van der Waals surface area contributed by atoms with Crippen LogP contribution in [0.3, 0.4) is 0 Å². The van der Waals surface area contributed by atoms with Crippen LogP contribution >= 0.6 is 0 Å². The van der Waals surface area contributed by atoms with Crippen molar-refractivity contribution in [3.05, 3.63) is 0 Å². The maximum absolute atomic E-state index is 10.8. The summed E-state index contributed by atoms with van der Waals surface area (Å²) in [6.45, 7) is 5.73. The van der Waals surface area contributed by atoms with Crippen LogP contribution in [-0.4, -0.2) is 16.6 Å². The number of hydrogen-bond donors (Lipinski definition) is 2. The van der Waals surface area contributed by atoms with Gasteiger partial charge in [-0.3, -0.25) is 4.79 Å². The molecule has 0 aliphatic heterocycles. The third-order valence-electron chi connectivity index (χ3n) is 2.37. The zero-order valence-electron chi connectivity index (χ0n) is 8.13. The van der Waals surface area contributed by atoms with Gasteiger partial charge in [0, 0.05) is 0 Å². The van der Waals surface area contributed by atoms with Crippen LogP contribution < -0.4 is 5.73 Å². The second kappa shape index (κ2) is 4.45. The maximum atomic E-state index is 10.8. The van der Waals surface area contributed by atoms with E-state index in [0.717, 1.165) is 12.8 Å². The summed E-state index contributed by atoms with van der Waals surface area (Å²) in [5, 5.41) is 8.90. The zero-order chi connectivity index (χ0) is 9.78. The van der Waals surface area contributed by atoms with E-state index in [-0.39, 0.29) is 5.92 Å². The molecule has 0 fully saturated rings. The summed E-state index contributed by atoms with van der Waals surface area (Å²) in [7, 11) is 0. The molecular weight excluding hydrogens is 154 g/mol. The molecule has 0 unspecified atom stereocenters. The molecule has 0 saturated heterocycles. The van der Waals surface area contributed by atoms with Crippen LogP contribution in [0.1, 0.15) is 40.0 Å². The van der Waals surface area contributed by atoms with E-state index in [1.165, 1.54) is 0 Å². The fraction of sp³-hybridized carbons (Fsp3) is 0.889. The van der Waals surface area contributed by atoms with Crippen molar-refractivity contribution in [2.24, 2.45) is 11.7 Å². The highest BCUT2D eigenvalue weighted by molar-refractivity contribution is 5.78. The lowest BCUT2D eigenvalue weighted by Gasteiger charge is -2.28. The first kappa shape index (κ1) is 11.4. The smallest absolute Gasteiger partial charge is 0.323 e. The van der Waals surface area contributed by atoms with Gasteiger partial charge in [0.2, 0.25) is 0 Å². The minimum atomic E-state index is -1.03. The molecule has 0 aromatic rings. The molecule has 0 rings (SSSR count). The Morgan fingerprint density at radius 1 is 1.58 bits per heavy atom. The van der Waals surface area contributed by atoms with Gasteiger partial charge in [0.25, 0.3) is 0 Å². The second-order valence-electron chi connectivity index (χ2n) is 3.60. The lowest BCUT2D eigenvalue weighted by atomic mass is 9.83. The first-order valence-corrected chi connectivity index (χ1v) is 4.47. The minimum absolute atomic E-state index is 0.0125. The predicted octanol–water partition coefficient (Wildman–Crippen LogP) is 1.61. The normalized spacial score (nSPS) is 16.1. The molecule has 0 aromatic heterocycles. The molecule has 1 atom stereocenters. The van der Waals surface area contributed by atoms with Crippen molar-refractivity contribution in [1.82, 2.24) is 0 Å². The number of unbranched alkanes of at least 4 members (excludes halogenated alkanes) is 1. The van der Waals surface area contributed by atoms with Gasteiger partial charge in [-0.15, -0.1) is 0 Å². The van der Waals surface area contributed by atoms with Crippen molar-refractivity contribution in [1.29, 1.82) is 0 Å². The van der Waals surface area contributed by atoms with Crippen molar-refractivity contribution < 1.29 is 9.90 Å². The van der Waals surface area contributed by atoms with Gasteiger partial charge in [-0.25, -0.2) is 0 Å². The fourth-order valence-corrected chi connectivity index (χ4v) is 1.11. The van der Waals surface area contributed by atoms with Crippen LogP contribution in [0.5, 0.6) is 0 Å². The number of carbonyl (C=O) groups is 1. The molecule has 0 heterocycles. The number of aliphatic carboxylic acids is 1. The molecule has 0 radical (unpaired) electrons. The molecule has 3 N–H and O–H groups in total. The second-order valence-corrected chi connectivity index (χ2v) is 3.60. The number of carboxylic acid groups (broad SMARTS) is 1. The van der Waals surface area contributed by atoms with Gasteiger partial charge in [0.1, 0.15) is 5.54 Å². The quantitative estimate of drug-likeness (QED) is 0.664. The molecule has 72 valence electrons. The van der Waals surface area contributed by atoms with Gasteiger partial charge >= 0.3 is 5.97 Å². The van der Waals surface area contributed by atoms with Gasteiger partial charge in [0.05, 0.1) is 0 Å². The molecule has 0 aliphatic rings. The summed E-state index contributed by atoms with van der Waals surface area (Å²) in [5.74, 6) is -0.896. The molecule has 0 aliphatic carbocycles. The van der Waals surface area contributed by atoms with Crippen LogP contribution in [0.25, 0.3) is 0 Å². The van der Waals surface area contributed by atoms with Gasteiger partial charge in [-0.1, -0.05) is 33.6 Å². The van der Waals surface area contributed by atoms with Crippen LogP contribution in [0.4, 0.5) is 0 Å².